The van der Waals surface area contributed by atoms with Crippen LogP contribution in [0, 0.1) is 18.7 Å². The molecule has 2 rings (SSSR count). The van der Waals surface area contributed by atoms with E-state index in [0.717, 1.165) is 0 Å². The van der Waals surface area contributed by atoms with Crippen molar-refractivity contribution in [1.29, 1.82) is 0 Å². The Hall–Kier alpha value is -2.70. The molecule has 0 aliphatic carbocycles. The zero-order valence-electron chi connectivity index (χ0n) is 12.2. The van der Waals surface area contributed by atoms with E-state index in [-0.39, 0.29) is 18.1 Å². The average molecular weight is 305 g/mol. The van der Waals surface area contributed by atoms with Crippen LogP contribution in [-0.2, 0) is 4.79 Å². The molecule has 22 heavy (non-hydrogen) atoms. The van der Waals surface area contributed by atoms with Crippen molar-refractivity contribution in [1.82, 2.24) is 15.1 Å². The van der Waals surface area contributed by atoms with Crippen molar-refractivity contribution in [2.45, 2.75) is 13.8 Å². The molecule has 1 unspecified atom stereocenters. The van der Waals surface area contributed by atoms with E-state index in [9.17, 15) is 14.0 Å². The first-order valence-corrected chi connectivity index (χ1v) is 6.71. The molecule has 1 heterocycles. The summed E-state index contributed by atoms with van der Waals surface area (Å²) in [6.45, 7) is 3.27. The number of aliphatic carboxylic acids is 1. The summed E-state index contributed by atoms with van der Waals surface area (Å²) in [6.07, 6.45) is 1.59. The first-order valence-electron chi connectivity index (χ1n) is 6.71. The lowest BCUT2D eigenvalue weighted by atomic mass is 10.2. The van der Waals surface area contributed by atoms with Crippen LogP contribution >= 0.6 is 0 Å². The summed E-state index contributed by atoms with van der Waals surface area (Å²) in [6, 6.07) is 5.79. The molecule has 1 aromatic carbocycles. The summed E-state index contributed by atoms with van der Waals surface area (Å²) in [4.78, 5) is 22.6. The highest BCUT2D eigenvalue weighted by atomic mass is 19.1. The Balaban J connectivity index is 2.11. The maximum absolute atomic E-state index is 13.1. The number of hydrogen-bond donors (Lipinski definition) is 2. The van der Waals surface area contributed by atoms with E-state index < -0.39 is 17.8 Å². The minimum absolute atomic E-state index is 0.0244. The highest BCUT2D eigenvalue weighted by Gasteiger charge is 2.15. The summed E-state index contributed by atoms with van der Waals surface area (Å²) < 4.78 is 14.6. The monoisotopic (exact) mass is 305 g/mol. The molecule has 116 valence electrons. The molecule has 0 radical (unpaired) electrons. The fraction of sp³-hybridized carbons (Fsp3) is 0.267. The van der Waals surface area contributed by atoms with Crippen molar-refractivity contribution < 1.29 is 19.1 Å². The summed E-state index contributed by atoms with van der Waals surface area (Å²) in [5.74, 6) is -2.45. The molecule has 7 heteroatoms. The number of nitrogens with one attached hydrogen (secondary N) is 1. The largest absolute Gasteiger partial charge is 0.481 e. The number of aryl methyl sites for hydroxylation is 1. The minimum Gasteiger partial charge on any atom is -0.481 e. The third-order valence-electron chi connectivity index (χ3n) is 3.22. The third-order valence-corrected chi connectivity index (χ3v) is 3.22. The number of aromatic nitrogens is 2. The van der Waals surface area contributed by atoms with Crippen molar-refractivity contribution in [3.63, 3.8) is 0 Å². The van der Waals surface area contributed by atoms with Gasteiger partial charge in [0.2, 0.25) is 0 Å². The molecule has 0 aliphatic rings. The summed E-state index contributed by atoms with van der Waals surface area (Å²) in [5.41, 5.74) is 1.52. The Labute approximate surface area is 126 Å². The number of hydrogen-bond acceptors (Lipinski definition) is 3. The van der Waals surface area contributed by atoms with Crippen molar-refractivity contribution >= 4 is 11.9 Å². The number of halogens is 1. The Kier molecular flexibility index (Phi) is 4.55. The Morgan fingerprint density at radius 3 is 2.77 bits per heavy atom. The van der Waals surface area contributed by atoms with Crippen LogP contribution < -0.4 is 5.32 Å². The molecule has 6 nitrogen and oxygen atoms in total. The summed E-state index contributed by atoms with van der Waals surface area (Å²) >= 11 is 0. The lowest BCUT2D eigenvalue weighted by molar-refractivity contribution is -0.140. The molecule has 0 fully saturated rings. The van der Waals surface area contributed by atoms with Gasteiger partial charge in [0, 0.05) is 12.7 Å². The van der Waals surface area contributed by atoms with Gasteiger partial charge in [-0.05, 0) is 36.8 Å². The Bertz CT molecular complexity index is 712. The van der Waals surface area contributed by atoms with Gasteiger partial charge in [0.1, 0.15) is 5.82 Å². The number of benzene rings is 1. The molecule has 1 atom stereocenters. The van der Waals surface area contributed by atoms with E-state index in [1.165, 1.54) is 29.8 Å². The van der Waals surface area contributed by atoms with E-state index in [2.05, 4.69) is 10.4 Å². The summed E-state index contributed by atoms with van der Waals surface area (Å²) in [7, 11) is 0. The van der Waals surface area contributed by atoms with Crippen LogP contribution in [0.2, 0.25) is 0 Å². The van der Waals surface area contributed by atoms with E-state index in [0.29, 0.717) is 11.3 Å². The van der Waals surface area contributed by atoms with Crippen molar-refractivity contribution in [2.24, 2.45) is 5.92 Å². The topological polar surface area (TPSA) is 84.2 Å². The van der Waals surface area contributed by atoms with Crippen molar-refractivity contribution in [3.8, 4) is 5.69 Å². The minimum atomic E-state index is -0.979. The normalized spacial score (nSPS) is 12.0. The van der Waals surface area contributed by atoms with Gasteiger partial charge in [-0.25, -0.2) is 9.07 Å². The van der Waals surface area contributed by atoms with E-state index >= 15 is 0 Å². The van der Waals surface area contributed by atoms with Crippen LogP contribution in [0.3, 0.4) is 0 Å². The zero-order valence-corrected chi connectivity index (χ0v) is 12.2. The summed E-state index contributed by atoms with van der Waals surface area (Å²) in [5, 5.41) is 15.4. The number of amides is 1. The molecule has 1 aromatic heterocycles. The molecule has 1 amide bonds. The number of carbonyl (C=O) groups excluding carboxylic acids is 1. The molecule has 0 bridgehead atoms. The smallest absolute Gasteiger partial charge is 0.308 e. The molecule has 2 aromatic rings. The number of carbonyl (C=O) groups is 2. The fourth-order valence-electron chi connectivity index (χ4n) is 1.88. The Morgan fingerprint density at radius 1 is 1.41 bits per heavy atom. The highest BCUT2D eigenvalue weighted by Crippen LogP contribution is 2.14. The number of carboxylic acid groups (broad SMARTS) is 1. The molecule has 2 N–H and O–H groups in total. The highest BCUT2D eigenvalue weighted by molar-refractivity contribution is 5.92. The first-order chi connectivity index (χ1) is 10.4. The van der Waals surface area contributed by atoms with E-state index in [1.807, 2.05) is 0 Å². The maximum atomic E-state index is 13.1. The van der Waals surface area contributed by atoms with Crippen LogP contribution in [0.5, 0.6) is 0 Å². The molecular formula is C15H16FN3O3. The lowest BCUT2D eigenvalue weighted by Gasteiger charge is -2.07. The van der Waals surface area contributed by atoms with Gasteiger partial charge in [-0.15, -0.1) is 0 Å². The second-order valence-corrected chi connectivity index (χ2v) is 5.03. The number of rotatable bonds is 5. The quantitative estimate of drug-likeness (QED) is 0.881. The zero-order chi connectivity index (χ0) is 16.3. The maximum Gasteiger partial charge on any atom is 0.308 e. The van der Waals surface area contributed by atoms with Gasteiger partial charge in [-0.2, -0.15) is 5.10 Å². The van der Waals surface area contributed by atoms with Gasteiger partial charge in [-0.3, -0.25) is 9.59 Å². The third kappa shape index (κ3) is 3.49. The van der Waals surface area contributed by atoms with Gasteiger partial charge >= 0.3 is 5.97 Å². The fourth-order valence-corrected chi connectivity index (χ4v) is 1.88. The second kappa shape index (κ2) is 6.38. The number of nitrogens with zero attached hydrogens (tertiary/aromatic N) is 2. The average Bonchev–Trinajstić information content (AvgIpc) is 2.93. The van der Waals surface area contributed by atoms with Gasteiger partial charge in [0.05, 0.1) is 11.6 Å². The van der Waals surface area contributed by atoms with Crippen molar-refractivity contribution in [2.75, 3.05) is 6.54 Å². The van der Waals surface area contributed by atoms with E-state index in [4.69, 9.17) is 5.11 Å². The predicted octanol–water partition coefficient (Wildman–Crippen LogP) is 1.77. The number of carboxylic acids is 1. The SMILES string of the molecule is Cc1cc(F)ccc1-n1ccc(C(=O)NCC(C)C(=O)O)n1. The van der Waals surface area contributed by atoms with E-state index in [1.54, 1.807) is 19.2 Å². The molecule has 0 spiro atoms. The molecule has 0 saturated heterocycles. The van der Waals surface area contributed by atoms with Crippen LogP contribution in [0.25, 0.3) is 5.69 Å². The van der Waals surface area contributed by atoms with Gasteiger partial charge in [0.25, 0.3) is 5.91 Å². The van der Waals surface area contributed by atoms with Crippen LogP contribution in [0.1, 0.15) is 23.0 Å². The van der Waals surface area contributed by atoms with Crippen LogP contribution in [-0.4, -0.2) is 33.3 Å². The molecular weight excluding hydrogens is 289 g/mol. The predicted molar refractivity (Wildman–Crippen MR) is 77.4 cm³/mol. The molecule has 0 aliphatic heterocycles. The standard InChI is InChI=1S/C15H16FN3O3/c1-9-7-11(16)3-4-13(9)19-6-5-12(18-19)14(20)17-8-10(2)15(21)22/h3-7,10H,8H2,1-2H3,(H,17,20)(H,21,22). The van der Waals surface area contributed by atoms with Crippen molar-refractivity contribution in [3.05, 3.63) is 47.5 Å². The van der Waals surface area contributed by atoms with Crippen LogP contribution in [0.4, 0.5) is 4.39 Å². The first kappa shape index (κ1) is 15.7. The van der Waals surface area contributed by atoms with Crippen LogP contribution in [0.15, 0.2) is 30.5 Å². The molecule has 0 saturated carbocycles. The second-order valence-electron chi connectivity index (χ2n) is 5.03. The van der Waals surface area contributed by atoms with Gasteiger partial charge in [0.15, 0.2) is 5.69 Å². The van der Waals surface area contributed by atoms with Gasteiger partial charge in [-0.1, -0.05) is 6.92 Å². The Morgan fingerprint density at radius 2 is 2.14 bits per heavy atom. The van der Waals surface area contributed by atoms with Gasteiger partial charge < -0.3 is 10.4 Å². The lowest BCUT2D eigenvalue weighted by Crippen LogP contribution is -2.31.